The number of nitrogens with zero attached hydrogens (tertiary/aromatic N) is 1. The third kappa shape index (κ3) is 1.61. The number of aromatic nitrogens is 1. The Morgan fingerprint density at radius 3 is 3.00 bits per heavy atom. The van der Waals surface area contributed by atoms with Crippen LogP contribution in [0.1, 0.15) is 16.1 Å². The van der Waals surface area contributed by atoms with Gasteiger partial charge in [-0.05, 0) is 12.1 Å². The molecule has 4 nitrogen and oxygen atoms in total. The average Bonchev–Trinajstić information content (AvgIpc) is 2.63. The molecule has 2 rings (SSSR count). The van der Waals surface area contributed by atoms with Crippen LogP contribution in [0, 0.1) is 0 Å². The van der Waals surface area contributed by atoms with Crippen LogP contribution in [0.4, 0.5) is 0 Å². The molecule has 0 radical (unpaired) electrons. The average molecular weight is 202 g/mol. The van der Waals surface area contributed by atoms with Gasteiger partial charge >= 0.3 is 5.97 Å². The molecular formula is C11H10N2O2. The SMILES string of the molecule is CN=Cc1cccc2[nH]c(C(=O)O)cc12. The number of carboxylic acids is 1. The summed E-state index contributed by atoms with van der Waals surface area (Å²) in [6.45, 7) is 0. The van der Waals surface area contributed by atoms with E-state index in [1.807, 2.05) is 18.2 Å². The maximum Gasteiger partial charge on any atom is 0.352 e. The Kier molecular flexibility index (Phi) is 2.25. The van der Waals surface area contributed by atoms with Gasteiger partial charge in [0.15, 0.2) is 0 Å². The van der Waals surface area contributed by atoms with Gasteiger partial charge in [0.1, 0.15) is 5.69 Å². The standard InChI is InChI=1S/C11H10N2O2/c1-12-6-7-3-2-4-9-8(7)5-10(13-9)11(14)15/h2-6,13H,1H3,(H,14,15). The second kappa shape index (κ2) is 3.57. The molecule has 2 N–H and O–H groups in total. The quantitative estimate of drug-likeness (QED) is 0.730. The van der Waals surface area contributed by atoms with Crippen molar-refractivity contribution >= 4 is 23.1 Å². The normalized spacial score (nSPS) is 11.3. The van der Waals surface area contributed by atoms with E-state index >= 15 is 0 Å². The van der Waals surface area contributed by atoms with Crippen LogP contribution in [0.15, 0.2) is 29.3 Å². The number of aromatic carboxylic acids is 1. The number of aromatic amines is 1. The van der Waals surface area contributed by atoms with E-state index < -0.39 is 5.97 Å². The van der Waals surface area contributed by atoms with Crippen molar-refractivity contribution in [1.82, 2.24) is 4.98 Å². The van der Waals surface area contributed by atoms with Crippen molar-refractivity contribution < 1.29 is 9.90 Å². The van der Waals surface area contributed by atoms with Crippen LogP contribution in [0.5, 0.6) is 0 Å². The third-order valence-corrected chi connectivity index (χ3v) is 2.20. The minimum atomic E-state index is -0.953. The number of nitrogens with one attached hydrogen (secondary N) is 1. The summed E-state index contributed by atoms with van der Waals surface area (Å²) >= 11 is 0. The zero-order chi connectivity index (χ0) is 10.8. The molecule has 0 aliphatic carbocycles. The summed E-state index contributed by atoms with van der Waals surface area (Å²) in [6.07, 6.45) is 1.71. The van der Waals surface area contributed by atoms with E-state index in [1.54, 1.807) is 19.3 Å². The summed E-state index contributed by atoms with van der Waals surface area (Å²) in [5.41, 5.74) is 1.92. The number of aliphatic imine (C=N–C) groups is 1. The first-order valence-electron chi connectivity index (χ1n) is 4.49. The molecule has 1 heterocycles. The van der Waals surface area contributed by atoms with E-state index in [9.17, 15) is 4.79 Å². The van der Waals surface area contributed by atoms with Crippen LogP contribution in [-0.4, -0.2) is 29.3 Å². The fourth-order valence-electron chi connectivity index (χ4n) is 1.55. The van der Waals surface area contributed by atoms with Gasteiger partial charge in [-0.3, -0.25) is 4.99 Å². The van der Waals surface area contributed by atoms with Gasteiger partial charge in [0.2, 0.25) is 0 Å². The number of carboxylic acid groups (broad SMARTS) is 1. The molecule has 76 valence electrons. The van der Waals surface area contributed by atoms with E-state index in [-0.39, 0.29) is 5.69 Å². The topological polar surface area (TPSA) is 65.5 Å². The van der Waals surface area contributed by atoms with Crippen molar-refractivity contribution in [2.45, 2.75) is 0 Å². The molecule has 0 aliphatic rings. The summed E-state index contributed by atoms with van der Waals surface area (Å²) < 4.78 is 0. The molecule has 0 bridgehead atoms. The van der Waals surface area contributed by atoms with E-state index in [0.717, 1.165) is 16.5 Å². The summed E-state index contributed by atoms with van der Waals surface area (Å²) in [6, 6.07) is 7.22. The Balaban J connectivity index is 2.69. The van der Waals surface area contributed by atoms with E-state index in [1.165, 1.54) is 0 Å². The van der Waals surface area contributed by atoms with Crippen LogP contribution >= 0.6 is 0 Å². The molecule has 0 unspecified atom stereocenters. The zero-order valence-corrected chi connectivity index (χ0v) is 8.19. The molecule has 4 heteroatoms. The second-order valence-electron chi connectivity index (χ2n) is 3.18. The van der Waals surface area contributed by atoms with Crippen LogP contribution in [0.25, 0.3) is 10.9 Å². The van der Waals surface area contributed by atoms with Gasteiger partial charge in [-0.15, -0.1) is 0 Å². The molecular weight excluding hydrogens is 192 g/mol. The number of benzene rings is 1. The fraction of sp³-hybridized carbons (Fsp3) is 0.0909. The van der Waals surface area contributed by atoms with Crippen molar-refractivity contribution in [2.24, 2.45) is 4.99 Å². The monoisotopic (exact) mass is 202 g/mol. The maximum atomic E-state index is 10.8. The number of H-pyrrole nitrogens is 1. The van der Waals surface area contributed by atoms with Gasteiger partial charge in [-0.1, -0.05) is 12.1 Å². The van der Waals surface area contributed by atoms with Crippen molar-refractivity contribution in [3.63, 3.8) is 0 Å². The molecule has 0 amide bonds. The second-order valence-corrected chi connectivity index (χ2v) is 3.18. The Morgan fingerprint density at radius 1 is 1.53 bits per heavy atom. The summed E-state index contributed by atoms with van der Waals surface area (Å²) in [7, 11) is 1.68. The molecule has 15 heavy (non-hydrogen) atoms. The van der Waals surface area contributed by atoms with Gasteiger partial charge in [-0.25, -0.2) is 4.79 Å². The van der Waals surface area contributed by atoms with Crippen LogP contribution in [0.3, 0.4) is 0 Å². The van der Waals surface area contributed by atoms with Crippen LogP contribution in [-0.2, 0) is 0 Å². The van der Waals surface area contributed by atoms with Crippen molar-refractivity contribution in [3.8, 4) is 0 Å². The molecule has 0 saturated carbocycles. The number of carbonyl (C=O) groups is 1. The zero-order valence-electron chi connectivity index (χ0n) is 8.19. The lowest BCUT2D eigenvalue weighted by atomic mass is 10.1. The molecule has 0 aliphatic heterocycles. The van der Waals surface area contributed by atoms with Crippen molar-refractivity contribution in [1.29, 1.82) is 0 Å². The highest BCUT2D eigenvalue weighted by Crippen LogP contribution is 2.18. The molecule has 0 saturated heterocycles. The molecule has 0 fully saturated rings. The highest BCUT2D eigenvalue weighted by atomic mass is 16.4. The number of hydrogen-bond donors (Lipinski definition) is 2. The van der Waals surface area contributed by atoms with Gasteiger partial charge < -0.3 is 10.1 Å². The van der Waals surface area contributed by atoms with E-state index in [4.69, 9.17) is 5.11 Å². The molecule has 2 aromatic rings. The fourth-order valence-corrected chi connectivity index (χ4v) is 1.55. The lowest BCUT2D eigenvalue weighted by molar-refractivity contribution is 0.0691. The summed E-state index contributed by atoms with van der Waals surface area (Å²) in [5.74, 6) is -0.953. The van der Waals surface area contributed by atoms with Gasteiger partial charge in [0.25, 0.3) is 0 Å². The lowest BCUT2D eigenvalue weighted by Crippen LogP contribution is -1.94. The Morgan fingerprint density at radius 2 is 2.33 bits per heavy atom. The molecule has 1 aromatic heterocycles. The van der Waals surface area contributed by atoms with Crippen LogP contribution < -0.4 is 0 Å². The van der Waals surface area contributed by atoms with Crippen molar-refractivity contribution in [2.75, 3.05) is 7.05 Å². The van der Waals surface area contributed by atoms with Crippen molar-refractivity contribution in [3.05, 3.63) is 35.5 Å². The first-order chi connectivity index (χ1) is 7.22. The summed E-state index contributed by atoms with van der Waals surface area (Å²) in [5, 5.41) is 9.72. The minimum Gasteiger partial charge on any atom is -0.477 e. The van der Waals surface area contributed by atoms with Crippen LogP contribution in [0.2, 0.25) is 0 Å². The number of hydrogen-bond acceptors (Lipinski definition) is 2. The maximum absolute atomic E-state index is 10.8. The van der Waals surface area contributed by atoms with Gasteiger partial charge in [0.05, 0.1) is 0 Å². The predicted octanol–water partition coefficient (Wildman–Crippen LogP) is 1.91. The Bertz CT molecular complexity index is 541. The summed E-state index contributed by atoms with van der Waals surface area (Å²) in [4.78, 5) is 17.5. The van der Waals surface area contributed by atoms with Gasteiger partial charge in [-0.2, -0.15) is 0 Å². The molecule has 0 atom stereocenters. The number of rotatable bonds is 2. The first-order valence-corrected chi connectivity index (χ1v) is 4.49. The minimum absolute atomic E-state index is 0.196. The first kappa shape index (κ1) is 9.45. The van der Waals surface area contributed by atoms with E-state index in [2.05, 4.69) is 9.98 Å². The molecule has 1 aromatic carbocycles. The predicted molar refractivity (Wildman–Crippen MR) is 58.8 cm³/mol. The lowest BCUT2D eigenvalue weighted by Gasteiger charge is -1.93. The number of fused-ring (bicyclic) bond motifs is 1. The largest absolute Gasteiger partial charge is 0.477 e. The highest BCUT2D eigenvalue weighted by Gasteiger charge is 2.08. The smallest absolute Gasteiger partial charge is 0.352 e. The van der Waals surface area contributed by atoms with Gasteiger partial charge in [0, 0.05) is 29.7 Å². The Hall–Kier alpha value is -2.10. The molecule has 0 spiro atoms. The highest BCUT2D eigenvalue weighted by molar-refractivity contribution is 6.02. The third-order valence-electron chi connectivity index (χ3n) is 2.20. The van der Waals surface area contributed by atoms with E-state index in [0.29, 0.717) is 0 Å². The Labute approximate surface area is 86.3 Å².